The molecule has 1 atom stereocenters. The molecule has 0 saturated carbocycles. The van der Waals surface area contributed by atoms with Crippen molar-refractivity contribution < 1.29 is 4.79 Å². The van der Waals surface area contributed by atoms with E-state index in [1.807, 2.05) is 12.1 Å². The highest BCUT2D eigenvalue weighted by Crippen LogP contribution is 2.32. The lowest BCUT2D eigenvalue weighted by molar-refractivity contribution is -0.119. The van der Waals surface area contributed by atoms with Gasteiger partial charge in [-0.25, -0.2) is 0 Å². The van der Waals surface area contributed by atoms with E-state index in [4.69, 9.17) is 6.42 Å². The molecule has 0 N–H and O–H groups in total. The Morgan fingerprint density at radius 2 is 2.27 bits per heavy atom. The average molecular weight is 198 g/mol. The molecule has 0 amide bonds. The minimum absolute atomic E-state index is 0.0472. The van der Waals surface area contributed by atoms with Crippen LogP contribution in [0.1, 0.15) is 36.3 Å². The van der Waals surface area contributed by atoms with Gasteiger partial charge in [0, 0.05) is 5.92 Å². The molecule has 0 radical (unpaired) electrons. The van der Waals surface area contributed by atoms with Crippen molar-refractivity contribution in [2.45, 2.75) is 31.6 Å². The molecule has 0 bridgehead atoms. The summed E-state index contributed by atoms with van der Waals surface area (Å²) in [5.41, 5.74) is 2.52. The summed E-state index contributed by atoms with van der Waals surface area (Å²) in [6.45, 7) is 0. The molecule has 1 aliphatic rings. The molecule has 1 heteroatoms. The van der Waals surface area contributed by atoms with Crippen LogP contribution in [0, 0.1) is 12.3 Å². The third kappa shape index (κ3) is 1.94. The number of fused-ring (bicyclic) bond motifs is 1. The van der Waals surface area contributed by atoms with Crippen molar-refractivity contribution in [2.75, 3.05) is 0 Å². The molecule has 2 rings (SSSR count). The van der Waals surface area contributed by atoms with Gasteiger partial charge in [-0.2, -0.15) is 0 Å². The largest absolute Gasteiger partial charge is 0.298 e. The van der Waals surface area contributed by atoms with Crippen LogP contribution >= 0.6 is 0 Å². The minimum atomic E-state index is 0.0472. The van der Waals surface area contributed by atoms with E-state index in [2.05, 4.69) is 18.1 Å². The molecule has 0 aliphatic heterocycles. The molecule has 0 spiro atoms. The van der Waals surface area contributed by atoms with E-state index in [-0.39, 0.29) is 18.1 Å². The molecule has 1 aromatic rings. The third-order valence-corrected chi connectivity index (χ3v) is 3.03. The Morgan fingerprint density at radius 3 is 3.07 bits per heavy atom. The zero-order valence-electron chi connectivity index (χ0n) is 8.70. The highest BCUT2D eigenvalue weighted by Gasteiger charge is 2.24. The van der Waals surface area contributed by atoms with Crippen molar-refractivity contribution in [2.24, 2.45) is 0 Å². The van der Waals surface area contributed by atoms with Gasteiger partial charge in [0.15, 0.2) is 5.78 Å². The van der Waals surface area contributed by atoms with E-state index in [1.54, 1.807) is 0 Å². The molecule has 76 valence electrons. The van der Waals surface area contributed by atoms with Gasteiger partial charge in [-0.05, 0) is 30.4 Å². The van der Waals surface area contributed by atoms with Crippen molar-refractivity contribution in [1.29, 1.82) is 0 Å². The van der Waals surface area contributed by atoms with Crippen LogP contribution in [-0.4, -0.2) is 5.78 Å². The zero-order valence-corrected chi connectivity index (χ0v) is 8.70. The second-order valence-corrected chi connectivity index (χ2v) is 3.99. The van der Waals surface area contributed by atoms with Crippen LogP contribution in [0.15, 0.2) is 24.3 Å². The monoisotopic (exact) mass is 198 g/mol. The first-order valence-corrected chi connectivity index (χ1v) is 5.37. The van der Waals surface area contributed by atoms with Gasteiger partial charge in [0.05, 0.1) is 6.42 Å². The van der Waals surface area contributed by atoms with Crippen molar-refractivity contribution in [1.82, 2.24) is 0 Å². The SMILES string of the molecule is C#CCC(=O)C1CCCc2ccccc21. The van der Waals surface area contributed by atoms with Crippen LogP contribution in [0.3, 0.4) is 0 Å². The Kier molecular flexibility index (Phi) is 2.87. The Hall–Kier alpha value is -1.55. The first kappa shape index (κ1) is 9.98. The molecule has 1 nitrogen and oxygen atoms in total. The van der Waals surface area contributed by atoms with E-state index in [9.17, 15) is 4.79 Å². The predicted octanol–water partition coefficient (Wildman–Crippen LogP) is 2.70. The number of ketones is 1. The fraction of sp³-hybridized carbons (Fsp3) is 0.357. The van der Waals surface area contributed by atoms with Gasteiger partial charge >= 0.3 is 0 Å². The van der Waals surface area contributed by atoms with Gasteiger partial charge in [-0.3, -0.25) is 4.79 Å². The maximum atomic E-state index is 11.8. The summed E-state index contributed by atoms with van der Waals surface area (Å²) in [5, 5.41) is 0. The molecule has 0 aromatic heterocycles. The molecule has 0 heterocycles. The van der Waals surface area contributed by atoms with Gasteiger partial charge in [-0.1, -0.05) is 30.2 Å². The topological polar surface area (TPSA) is 17.1 Å². The number of carbonyl (C=O) groups is 1. The number of Topliss-reactive ketones (excluding diaryl/α,β-unsaturated/α-hetero) is 1. The highest BCUT2D eigenvalue weighted by molar-refractivity contribution is 5.88. The number of aryl methyl sites for hydroxylation is 1. The molecule has 0 saturated heterocycles. The summed E-state index contributed by atoms with van der Waals surface area (Å²) in [6, 6.07) is 8.21. The van der Waals surface area contributed by atoms with Crippen LogP contribution in [0.4, 0.5) is 0 Å². The average Bonchev–Trinajstić information content (AvgIpc) is 2.28. The first-order valence-electron chi connectivity index (χ1n) is 5.37. The van der Waals surface area contributed by atoms with Gasteiger partial charge in [0.1, 0.15) is 0 Å². The molecule has 15 heavy (non-hydrogen) atoms. The fourth-order valence-corrected chi connectivity index (χ4v) is 2.31. The molecule has 0 fully saturated rings. The number of carbonyl (C=O) groups excluding carboxylic acids is 1. The van der Waals surface area contributed by atoms with Crippen molar-refractivity contribution in [3.63, 3.8) is 0 Å². The summed E-state index contributed by atoms with van der Waals surface area (Å²) in [6.07, 6.45) is 8.59. The second-order valence-electron chi connectivity index (χ2n) is 3.99. The van der Waals surface area contributed by atoms with Crippen LogP contribution < -0.4 is 0 Å². The maximum absolute atomic E-state index is 11.8. The Bertz CT molecular complexity index is 412. The predicted molar refractivity (Wildman–Crippen MR) is 60.6 cm³/mol. The number of hydrogen-bond donors (Lipinski definition) is 0. The molecule has 1 aliphatic carbocycles. The van der Waals surface area contributed by atoms with Crippen LogP contribution in [-0.2, 0) is 11.2 Å². The normalized spacial score (nSPS) is 19.0. The standard InChI is InChI=1S/C14H14O/c1-2-6-14(15)13-10-5-8-11-7-3-4-9-12(11)13/h1,3-4,7,9,13H,5-6,8,10H2. The number of hydrogen-bond acceptors (Lipinski definition) is 1. The summed E-state index contributed by atoms with van der Waals surface area (Å²) in [7, 11) is 0. The Morgan fingerprint density at radius 1 is 1.47 bits per heavy atom. The number of benzene rings is 1. The van der Waals surface area contributed by atoms with E-state index >= 15 is 0 Å². The first-order chi connectivity index (χ1) is 7.33. The molecular formula is C14H14O. The second kappa shape index (κ2) is 4.31. The van der Waals surface area contributed by atoms with E-state index < -0.39 is 0 Å². The van der Waals surface area contributed by atoms with Crippen LogP contribution in [0.25, 0.3) is 0 Å². The summed E-state index contributed by atoms with van der Waals surface area (Å²) in [4.78, 5) is 11.8. The van der Waals surface area contributed by atoms with E-state index in [0.29, 0.717) is 0 Å². The maximum Gasteiger partial charge on any atom is 0.152 e. The fourth-order valence-electron chi connectivity index (χ4n) is 2.31. The highest BCUT2D eigenvalue weighted by atomic mass is 16.1. The lowest BCUT2D eigenvalue weighted by Crippen LogP contribution is -2.17. The lowest BCUT2D eigenvalue weighted by Gasteiger charge is -2.23. The number of terminal acetylenes is 1. The summed E-state index contributed by atoms with van der Waals surface area (Å²) in [5.74, 6) is 2.69. The van der Waals surface area contributed by atoms with Crippen molar-refractivity contribution in [3.05, 3.63) is 35.4 Å². The van der Waals surface area contributed by atoms with E-state index in [0.717, 1.165) is 19.3 Å². The number of rotatable bonds is 2. The van der Waals surface area contributed by atoms with E-state index in [1.165, 1.54) is 11.1 Å². The lowest BCUT2D eigenvalue weighted by atomic mass is 9.80. The Balaban J connectivity index is 2.30. The smallest absolute Gasteiger partial charge is 0.152 e. The molecular weight excluding hydrogens is 184 g/mol. The van der Waals surface area contributed by atoms with Crippen molar-refractivity contribution in [3.8, 4) is 12.3 Å². The van der Waals surface area contributed by atoms with Crippen LogP contribution in [0.2, 0.25) is 0 Å². The van der Waals surface area contributed by atoms with Gasteiger partial charge in [-0.15, -0.1) is 6.42 Å². The van der Waals surface area contributed by atoms with Gasteiger partial charge < -0.3 is 0 Å². The Labute approximate surface area is 90.5 Å². The molecule has 1 unspecified atom stereocenters. The molecule has 1 aromatic carbocycles. The zero-order chi connectivity index (χ0) is 10.7. The summed E-state index contributed by atoms with van der Waals surface area (Å²) >= 11 is 0. The minimum Gasteiger partial charge on any atom is -0.298 e. The quantitative estimate of drug-likeness (QED) is 0.668. The summed E-state index contributed by atoms with van der Waals surface area (Å²) < 4.78 is 0. The van der Waals surface area contributed by atoms with Gasteiger partial charge in [0.25, 0.3) is 0 Å². The third-order valence-electron chi connectivity index (χ3n) is 3.03. The van der Waals surface area contributed by atoms with Crippen LogP contribution in [0.5, 0.6) is 0 Å². The van der Waals surface area contributed by atoms with Crippen molar-refractivity contribution >= 4 is 5.78 Å². The van der Waals surface area contributed by atoms with Gasteiger partial charge in [0.2, 0.25) is 0 Å².